The first-order valence-corrected chi connectivity index (χ1v) is 10.2. The molecule has 1 aromatic rings. The quantitative estimate of drug-likeness (QED) is 0.775. The van der Waals surface area contributed by atoms with Crippen LogP contribution in [0.5, 0.6) is 5.75 Å². The van der Waals surface area contributed by atoms with E-state index in [9.17, 15) is 13.2 Å². The molecule has 0 bridgehead atoms. The van der Waals surface area contributed by atoms with Crippen LogP contribution in [0.1, 0.15) is 63.2 Å². The number of amides is 1. The fourth-order valence-electron chi connectivity index (χ4n) is 2.82. The molecule has 0 unspecified atom stereocenters. The summed E-state index contributed by atoms with van der Waals surface area (Å²) in [5.41, 5.74) is -0.0628. The maximum atomic E-state index is 12.8. The Kier molecular flexibility index (Phi) is 6.11. The van der Waals surface area contributed by atoms with Crippen LogP contribution in [-0.4, -0.2) is 33.0 Å². The monoisotopic (exact) mass is 368 g/mol. The van der Waals surface area contributed by atoms with Gasteiger partial charge >= 0.3 is 0 Å². The summed E-state index contributed by atoms with van der Waals surface area (Å²) in [6, 6.07) is 4.44. The molecule has 1 fully saturated rings. The molecule has 140 valence electrons. The molecule has 0 saturated heterocycles. The van der Waals surface area contributed by atoms with Crippen molar-refractivity contribution in [3.8, 4) is 5.75 Å². The van der Waals surface area contributed by atoms with Crippen molar-refractivity contribution < 1.29 is 17.9 Å². The Balaban J connectivity index is 2.31. The predicted molar refractivity (Wildman–Crippen MR) is 97.4 cm³/mol. The summed E-state index contributed by atoms with van der Waals surface area (Å²) in [4.78, 5) is 12.5. The van der Waals surface area contributed by atoms with E-state index < -0.39 is 10.0 Å². The summed E-state index contributed by atoms with van der Waals surface area (Å²) in [5, 5.41) is 2.92. The van der Waals surface area contributed by atoms with E-state index in [0.717, 1.165) is 32.1 Å². The third-order valence-corrected chi connectivity index (χ3v) is 6.27. The summed E-state index contributed by atoms with van der Waals surface area (Å²) in [5.74, 6) is -0.0661. The third kappa shape index (κ3) is 4.95. The highest BCUT2D eigenvalue weighted by molar-refractivity contribution is 7.89. The molecule has 0 radical (unpaired) electrons. The van der Waals surface area contributed by atoms with Gasteiger partial charge in [-0.3, -0.25) is 4.79 Å². The number of rotatable bonds is 7. The molecule has 1 saturated carbocycles. The van der Waals surface area contributed by atoms with E-state index >= 15 is 0 Å². The lowest BCUT2D eigenvalue weighted by Crippen LogP contribution is -2.42. The van der Waals surface area contributed by atoms with Crippen molar-refractivity contribution in [2.75, 3.05) is 7.11 Å². The van der Waals surface area contributed by atoms with E-state index in [1.807, 2.05) is 20.8 Å². The molecule has 6 nitrogen and oxygen atoms in total. The Bertz CT molecular complexity index is 723. The number of nitrogens with one attached hydrogen (secondary N) is 2. The molecule has 0 spiro atoms. The molecule has 0 aromatic heterocycles. The largest absolute Gasteiger partial charge is 0.495 e. The SMILES string of the molecule is CCC(C)(C)NC(=O)c1ccc(OC)c(S(=O)(=O)NC2CCCC2)c1. The highest BCUT2D eigenvalue weighted by Crippen LogP contribution is 2.27. The summed E-state index contributed by atoms with van der Waals surface area (Å²) < 4.78 is 33.5. The molecule has 2 rings (SSSR count). The Morgan fingerprint density at radius 3 is 2.48 bits per heavy atom. The van der Waals surface area contributed by atoms with Crippen LogP contribution in [0.3, 0.4) is 0 Å². The summed E-state index contributed by atoms with van der Waals surface area (Å²) in [6.07, 6.45) is 4.50. The molecule has 1 amide bonds. The fraction of sp³-hybridized carbons (Fsp3) is 0.611. The Morgan fingerprint density at radius 1 is 1.28 bits per heavy atom. The van der Waals surface area contributed by atoms with Gasteiger partial charge in [-0.2, -0.15) is 0 Å². The average Bonchev–Trinajstić information content (AvgIpc) is 3.06. The molecule has 1 aliphatic carbocycles. The van der Waals surface area contributed by atoms with Crippen molar-refractivity contribution in [2.45, 2.75) is 69.4 Å². The zero-order chi connectivity index (χ0) is 18.7. The van der Waals surface area contributed by atoms with Crippen molar-refractivity contribution in [1.82, 2.24) is 10.0 Å². The predicted octanol–water partition coefficient (Wildman–Crippen LogP) is 2.83. The molecule has 25 heavy (non-hydrogen) atoms. The van der Waals surface area contributed by atoms with Crippen molar-refractivity contribution in [3.05, 3.63) is 23.8 Å². The van der Waals surface area contributed by atoms with E-state index in [2.05, 4.69) is 10.0 Å². The smallest absolute Gasteiger partial charge is 0.251 e. The van der Waals surface area contributed by atoms with Crippen molar-refractivity contribution >= 4 is 15.9 Å². The molecule has 2 N–H and O–H groups in total. The van der Waals surface area contributed by atoms with Gasteiger partial charge in [0.1, 0.15) is 10.6 Å². The first-order valence-electron chi connectivity index (χ1n) is 8.71. The Hall–Kier alpha value is -1.60. The average molecular weight is 368 g/mol. The first kappa shape index (κ1) is 19.7. The van der Waals surface area contributed by atoms with E-state index in [1.54, 1.807) is 6.07 Å². The third-order valence-electron chi connectivity index (χ3n) is 4.73. The van der Waals surface area contributed by atoms with Gasteiger partial charge in [0.05, 0.1) is 7.11 Å². The molecular weight excluding hydrogens is 340 g/mol. The van der Waals surface area contributed by atoms with Crippen LogP contribution in [0.4, 0.5) is 0 Å². The zero-order valence-electron chi connectivity index (χ0n) is 15.4. The topological polar surface area (TPSA) is 84.5 Å². The van der Waals surface area contributed by atoms with Gasteiger partial charge in [-0.1, -0.05) is 19.8 Å². The van der Waals surface area contributed by atoms with E-state index in [-0.39, 0.29) is 28.1 Å². The maximum absolute atomic E-state index is 12.8. The number of sulfonamides is 1. The second-order valence-electron chi connectivity index (χ2n) is 7.16. The number of carbonyl (C=O) groups is 1. The van der Waals surface area contributed by atoms with E-state index in [1.165, 1.54) is 19.2 Å². The van der Waals surface area contributed by atoms with Crippen LogP contribution in [0.2, 0.25) is 0 Å². The minimum Gasteiger partial charge on any atom is -0.495 e. The lowest BCUT2D eigenvalue weighted by Gasteiger charge is -2.24. The van der Waals surface area contributed by atoms with Gasteiger partial charge in [-0.15, -0.1) is 0 Å². The number of carbonyl (C=O) groups excluding carboxylic acids is 1. The molecule has 0 atom stereocenters. The van der Waals surface area contributed by atoms with Gasteiger partial charge in [0.15, 0.2) is 0 Å². The fourth-order valence-corrected chi connectivity index (χ4v) is 4.32. The van der Waals surface area contributed by atoms with E-state index in [0.29, 0.717) is 5.56 Å². The highest BCUT2D eigenvalue weighted by atomic mass is 32.2. The number of methoxy groups -OCH3 is 1. The van der Waals surface area contributed by atoms with Crippen LogP contribution >= 0.6 is 0 Å². The number of ether oxygens (including phenoxy) is 1. The van der Waals surface area contributed by atoms with Gasteiger partial charge in [-0.25, -0.2) is 13.1 Å². The van der Waals surface area contributed by atoms with Gasteiger partial charge in [0.25, 0.3) is 5.91 Å². The molecule has 1 aromatic carbocycles. The standard InChI is InChI=1S/C18H28N2O4S/c1-5-18(2,3)19-17(21)13-10-11-15(24-4)16(12-13)25(22,23)20-14-8-6-7-9-14/h10-12,14,20H,5-9H2,1-4H3,(H,19,21). The molecule has 0 aliphatic heterocycles. The van der Waals surface area contributed by atoms with Gasteiger partial charge in [0.2, 0.25) is 10.0 Å². The normalized spacial score (nSPS) is 16.0. The van der Waals surface area contributed by atoms with E-state index in [4.69, 9.17) is 4.74 Å². The summed E-state index contributed by atoms with van der Waals surface area (Å²) >= 11 is 0. The van der Waals surface area contributed by atoms with Gasteiger partial charge in [0, 0.05) is 17.1 Å². The molecule has 0 heterocycles. The van der Waals surface area contributed by atoms with Crippen molar-refractivity contribution in [2.24, 2.45) is 0 Å². The lowest BCUT2D eigenvalue weighted by molar-refractivity contribution is 0.0911. The first-order chi connectivity index (χ1) is 11.7. The van der Waals surface area contributed by atoms with Gasteiger partial charge < -0.3 is 10.1 Å². The molecule has 7 heteroatoms. The Labute approximate surface area is 150 Å². The molecular formula is C18H28N2O4S. The molecule has 1 aliphatic rings. The second kappa shape index (κ2) is 7.74. The summed E-state index contributed by atoms with van der Waals surface area (Å²) in [7, 11) is -2.33. The second-order valence-corrected chi connectivity index (χ2v) is 8.84. The maximum Gasteiger partial charge on any atom is 0.251 e. The minimum atomic E-state index is -3.75. The summed E-state index contributed by atoms with van der Waals surface area (Å²) in [6.45, 7) is 5.83. The zero-order valence-corrected chi connectivity index (χ0v) is 16.2. The van der Waals surface area contributed by atoms with Crippen LogP contribution < -0.4 is 14.8 Å². The number of benzene rings is 1. The van der Waals surface area contributed by atoms with Crippen molar-refractivity contribution in [1.29, 1.82) is 0 Å². The number of hydrogen-bond acceptors (Lipinski definition) is 4. The van der Waals surface area contributed by atoms with Crippen LogP contribution in [0.25, 0.3) is 0 Å². The Morgan fingerprint density at radius 2 is 1.92 bits per heavy atom. The lowest BCUT2D eigenvalue weighted by atomic mass is 10.0. The van der Waals surface area contributed by atoms with Crippen LogP contribution in [-0.2, 0) is 10.0 Å². The van der Waals surface area contributed by atoms with Gasteiger partial charge in [-0.05, 0) is 51.3 Å². The number of hydrogen-bond donors (Lipinski definition) is 2. The van der Waals surface area contributed by atoms with Crippen LogP contribution in [0.15, 0.2) is 23.1 Å². The van der Waals surface area contributed by atoms with Crippen LogP contribution in [0, 0.1) is 0 Å². The highest BCUT2D eigenvalue weighted by Gasteiger charge is 2.27. The minimum absolute atomic E-state index is 0.00357. The van der Waals surface area contributed by atoms with Crippen molar-refractivity contribution in [3.63, 3.8) is 0 Å².